The van der Waals surface area contributed by atoms with E-state index in [2.05, 4.69) is 4.72 Å². The van der Waals surface area contributed by atoms with E-state index >= 15 is 0 Å². The van der Waals surface area contributed by atoms with E-state index < -0.39 is 33.9 Å². The molecule has 0 bridgehead atoms. The van der Waals surface area contributed by atoms with Gasteiger partial charge in [-0.2, -0.15) is 4.72 Å². The third-order valence-corrected chi connectivity index (χ3v) is 5.33. The van der Waals surface area contributed by atoms with Crippen LogP contribution in [0.2, 0.25) is 0 Å². The number of fused-ring (bicyclic) bond motifs is 1. The van der Waals surface area contributed by atoms with Crippen LogP contribution in [-0.4, -0.2) is 38.1 Å². The number of carboxylic acid groups (broad SMARTS) is 1. The second kappa shape index (κ2) is 7.46. The number of carbonyl (C=O) groups is 2. The van der Waals surface area contributed by atoms with E-state index in [0.29, 0.717) is 16.5 Å². The van der Waals surface area contributed by atoms with Crippen molar-refractivity contribution in [3.05, 3.63) is 29.5 Å². The molecule has 0 saturated carbocycles. The molecule has 0 spiro atoms. The lowest BCUT2D eigenvalue weighted by molar-refractivity contribution is -0.140. The lowest BCUT2D eigenvalue weighted by atomic mass is 10.1. The number of hydrogen-bond acceptors (Lipinski definition) is 6. The van der Waals surface area contributed by atoms with E-state index in [0.717, 1.165) is 0 Å². The molecule has 0 amide bonds. The summed E-state index contributed by atoms with van der Waals surface area (Å²) in [4.78, 5) is 23.0. The van der Waals surface area contributed by atoms with Crippen LogP contribution in [0.5, 0.6) is 0 Å². The topological polar surface area (TPSA) is 123 Å². The van der Waals surface area contributed by atoms with Crippen molar-refractivity contribution >= 4 is 32.9 Å². The number of sulfonamides is 1. The first-order valence-electron chi connectivity index (χ1n) is 8.04. The summed E-state index contributed by atoms with van der Waals surface area (Å²) in [5.41, 5.74) is 0.789. The molecule has 0 aliphatic carbocycles. The van der Waals surface area contributed by atoms with Gasteiger partial charge in [0.25, 0.3) is 0 Å². The third kappa shape index (κ3) is 3.88. The fraction of sp³-hybridized carbons (Fsp3) is 0.412. The fourth-order valence-corrected chi connectivity index (χ4v) is 3.83. The lowest BCUT2D eigenvalue weighted by Gasteiger charge is -2.18. The molecule has 1 heterocycles. The molecular weight excluding hydrogens is 362 g/mol. The Kier molecular flexibility index (Phi) is 5.72. The number of esters is 1. The standard InChI is InChI=1S/C17H21NO7S/c1-5-24-17(21)15-10(4)12-8-11(6-7-13(12)25-15)26(22,23)18-14(9(2)3)16(19)20/h6-9,14,18H,5H2,1-4H3,(H,19,20)/t14-/m0/s1. The van der Waals surface area contributed by atoms with Crippen LogP contribution in [-0.2, 0) is 19.6 Å². The van der Waals surface area contributed by atoms with Crippen LogP contribution in [0.25, 0.3) is 11.0 Å². The first-order chi connectivity index (χ1) is 12.1. The summed E-state index contributed by atoms with van der Waals surface area (Å²) in [6, 6.07) is 2.81. The van der Waals surface area contributed by atoms with Gasteiger partial charge in [0.1, 0.15) is 11.6 Å². The monoisotopic (exact) mass is 383 g/mol. The summed E-state index contributed by atoms with van der Waals surface area (Å²) in [6.45, 7) is 6.69. The number of benzene rings is 1. The second-order valence-corrected chi connectivity index (χ2v) is 7.83. The van der Waals surface area contributed by atoms with E-state index in [1.165, 1.54) is 18.2 Å². The highest BCUT2D eigenvalue weighted by atomic mass is 32.2. The quantitative estimate of drug-likeness (QED) is 0.703. The van der Waals surface area contributed by atoms with E-state index in [1.807, 2.05) is 0 Å². The van der Waals surface area contributed by atoms with Gasteiger partial charge < -0.3 is 14.3 Å². The summed E-state index contributed by atoms with van der Waals surface area (Å²) >= 11 is 0. The zero-order valence-corrected chi connectivity index (χ0v) is 15.7. The highest BCUT2D eigenvalue weighted by Gasteiger charge is 2.29. The van der Waals surface area contributed by atoms with Crippen LogP contribution < -0.4 is 4.72 Å². The molecule has 0 fully saturated rings. The molecule has 0 aliphatic heterocycles. The zero-order chi connectivity index (χ0) is 19.6. The number of rotatable bonds is 7. The normalized spacial score (nSPS) is 13.1. The predicted molar refractivity (Wildman–Crippen MR) is 93.5 cm³/mol. The molecule has 26 heavy (non-hydrogen) atoms. The Labute approximate surface area is 151 Å². The molecule has 142 valence electrons. The SMILES string of the molecule is CCOC(=O)c1oc2ccc(S(=O)(=O)N[C@H](C(=O)O)C(C)C)cc2c1C. The van der Waals surface area contributed by atoms with Crippen molar-refractivity contribution in [1.82, 2.24) is 4.72 Å². The van der Waals surface area contributed by atoms with Gasteiger partial charge in [-0.25, -0.2) is 13.2 Å². The summed E-state index contributed by atoms with van der Waals surface area (Å²) in [6.07, 6.45) is 0. The van der Waals surface area contributed by atoms with Crippen molar-refractivity contribution in [3.63, 3.8) is 0 Å². The molecule has 2 aromatic rings. The van der Waals surface area contributed by atoms with Gasteiger partial charge >= 0.3 is 11.9 Å². The summed E-state index contributed by atoms with van der Waals surface area (Å²) in [7, 11) is -4.07. The second-order valence-electron chi connectivity index (χ2n) is 6.12. The Morgan fingerprint density at radius 2 is 1.96 bits per heavy atom. The summed E-state index contributed by atoms with van der Waals surface area (Å²) in [5, 5.41) is 9.63. The van der Waals surface area contributed by atoms with E-state index in [9.17, 15) is 23.1 Å². The highest BCUT2D eigenvalue weighted by Crippen LogP contribution is 2.28. The summed E-state index contributed by atoms with van der Waals surface area (Å²) in [5.74, 6) is -2.31. The van der Waals surface area contributed by atoms with Crippen molar-refractivity contribution in [2.45, 2.75) is 38.6 Å². The van der Waals surface area contributed by atoms with Gasteiger partial charge in [0.2, 0.25) is 15.8 Å². The van der Waals surface area contributed by atoms with E-state index in [4.69, 9.17) is 9.15 Å². The Bertz CT molecular complexity index is 943. The molecule has 2 N–H and O–H groups in total. The number of furan rings is 1. The van der Waals surface area contributed by atoms with Gasteiger partial charge in [0, 0.05) is 10.9 Å². The Morgan fingerprint density at radius 1 is 1.31 bits per heavy atom. The van der Waals surface area contributed by atoms with Crippen LogP contribution in [0.1, 0.15) is 36.9 Å². The average Bonchev–Trinajstić information content (AvgIpc) is 2.89. The number of carboxylic acids is 1. The van der Waals surface area contributed by atoms with E-state index in [-0.39, 0.29) is 17.3 Å². The number of nitrogens with one attached hydrogen (secondary N) is 1. The Hall–Kier alpha value is -2.39. The van der Waals surface area contributed by atoms with Crippen LogP contribution >= 0.6 is 0 Å². The largest absolute Gasteiger partial charge is 0.480 e. The zero-order valence-electron chi connectivity index (χ0n) is 14.9. The van der Waals surface area contributed by atoms with Gasteiger partial charge in [-0.15, -0.1) is 0 Å². The predicted octanol–water partition coefficient (Wildman–Crippen LogP) is 2.31. The number of aryl methyl sites for hydroxylation is 1. The van der Waals surface area contributed by atoms with Gasteiger partial charge in [-0.3, -0.25) is 4.79 Å². The highest BCUT2D eigenvalue weighted by molar-refractivity contribution is 7.89. The number of ether oxygens (including phenoxy) is 1. The molecule has 9 heteroatoms. The molecule has 0 aliphatic rings. The lowest BCUT2D eigenvalue weighted by Crippen LogP contribution is -2.44. The van der Waals surface area contributed by atoms with Crippen molar-refractivity contribution in [1.29, 1.82) is 0 Å². The third-order valence-electron chi connectivity index (χ3n) is 3.89. The molecule has 0 unspecified atom stereocenters. The molecule has 1 atom stereocenters. The first kappa shape index (κ1) is 19.9. The molecule has 1 aromatic carbocycles. The van der Waals surface area contributed by atoms with E-state index in [1.54, 1.807) is 27.7 Å². The maximum Gasteiger partial charge on any atom is 0.374 e. The molecule has 2 rings (SSSR count). The maximum atomic E-state index is 12.6. The minimum atomic E-state index is -4.07. The van der Waals surface area contributed by atoms with Gasteiger partial charge in [0.05, 0.1) is 11.5 Å². The van der Waals surface area contributed by atoms with Crippen molar-refractivity contribution in [2.75, 3.05) is 6.61 Å². The van der Waals surface area contributed by atoms with Crippen molar-refractivity contribution in [3.8, 4) is 0 Å². The molecule has 8 nitrogen and oxygen atoms in total. The minimum absolute atomic E-state index is 0.00921. The Balaban J connectivity index is 2.46. The average molecular weight is 383 g/mol. The molecule has 1 aromatic heterocycles. The summed E-state index contributed by atoms with van der Waals surface area (Å²) < 4.78 is 37.7. The van der Waals surface area contributed by atoms with Crippen molar-refractivity contribution < 1.29 is 32.3 Å². The molecule has 0 saturated heterocycles. The number of aliphatic carboxylic acids is 1. The Morgan fingerprint density at radius 3 is 2.50 bits per heavy atom. The maximum absolute atomic E-state index is 12.6. The number of hydrogen-bond donors (Lipinski definition) is 2. The van der Waals surface area contributed by atoms with Crippen LogP contribution in [0.15, 0.2) is 27.5 Å². The van der Waals surface area contributed by atoms with Crippen LogP contribution in [0.4, 0.5) is 0 Å². The van der Waals surface area contributed by atoms with Gasteiger partial charge in [0.15, 0.2) is 0 Å². The molecule has 0 radical (unpaired) electrons. The fourth-order valence-electron chi connectivity index (χ4n) is 2.47. The van der Waals surface area contributed by atoms with Crippen LogP contribution in [0, 0.1) is 12.8 Å². The smallest absolute Gasteiger partial charge is 0.374 e. The molecular formula is C17H21NO7S. The van der Waals surface area contributed by atoms with Gasteiger partial charge in [-0.1, -0.05) is 13.8 Å². The van der Waals surface area contributed by atoms with Crippen LogP contribution in [0.3, 0.4) is 0 Å². The first-order valence-corrected chi connectivity index (χ1v) is 9.52. The number of carbonyl (C=O) groups excluding carboxylic acids is 1. The van der Waals surface area contributed by atoms with Gasteiger partial charge in [-0.05, 0) is 38.0 Å². The van der Waals surface area contributed by atoms with Crippen molar-refractivity contribution in [2.24, 2.45) is 5.92 Å². The minimum Gasteiger partial charge on any atom is -0.480 e.